The van der Waals surface area contributed by atoms with Crippen LogP contribution in [0.3, 0.4) is 0 Å². The zero-order valence-electron chi connectivity index (χ0n) is 15.9. The van der Waals surface area contributed by atoms with Crippen LogP contribution in [0.4, 0.5) is 0 Å². The number of hydrogen-bond acceptors (Lipinski definition) is 3. The van der Waals surface area contributed by atoms with E-state index in [2.05, 4.69) is 10.4 Å². The van der Waals surface area contributed by atoms with Gasteiger partial charge in [-0.05, 0) is 35.9 Å². The molecule has 144 valence electrons. The topological polar surface area (TPSA) is 56.2 Å². The number of rotatable bonds is 7. The van der Waals surface area contributed by atoms with Crippen molar-refractivity contribution < 1.29 is 9.53 Å². The van der Waals surface area contributed by atoms with Gasteiger partial charge in [0.2, 0.25) is 5.91 Å². The molecule has 4 aromatic rings. The molecular weight excluding hydrogens is 362 g/mol. The van der Waals surface area contributed by atoms with Crippen LogP contribution >= 0.6 is 0 Å². The molecule has 0 aliphatic carbocycles. The highest BCUT2D eigenvalue weighted by atomic mass is 16.5. The van der Waals surface area contributed by atoms with Crippen molar-refractivity contribution >= 4 is 5.91 Å². The summed E-state index contributed by atoms with van der Waals surface area (Å²) in [4.78, 5) is 12.4. The lowest BCUT2D eigenvalue weighted by molar-refractivity contribution is -0.120. The van der Waals surface area contributed by atoms with Crippen molar-refractivity contribution in [3.05, 3.63) is 108 Å². The molecule has 29 heavy (non-hydrogen) atoms. The lowest BCUT2D eigenvalue weighted by Crippen LogP contribution is -2.24. The molecular formula is C24H21N3O2. The number of benzene rings is 3. The van der Waals surface area contributed by atoms with Crippen LogP contribution in [0.15, 0.2) is 97.3 Å². The van der Waals surface area contributed by atoms with Gasteiger partial charge in [-0.3, -0.25) is 4.79 Å². The van der Waals surface area contributed by atoms with Gasteiger partial charge in [0.1, 0.15) is 11.5 Å². The van der Waals surface area contributed by atoms with E-state index in [1.807, 2.05) is 91.1 Å². The van der Waals surface area contributed by atoms with Gasteiger partial charge < -0.3 is 10.1 Å². The van der Waals surface area contributed by atoms with Gasteiger partial charge in [-0.15, -0.1) is 0 Å². The van der Waals surface area contributed by atoms with Gasteiger partial charge in [-0.1, -0.05) is 54.6 Å². The van der Waals surface area contributed by atoms with E-state index in [-0.39, 0.29) is 12.3 Å². The van der Waals surface area contributed by atoms with Crippen molar-refractivity contribution in [3.8, 4) is 17.2 Å². The Morgan fingerprint density at radius 1 is 0.897 bits per heavy atom. The molecule has 0 fully saturated rings. The molecule has 3 aromatic carbocycles. The van der Waals surface area contributed by atoms with Crippen LogP contribution in [0.25, 0.3) is 5.69 Å². The Hall–Kier alpha value is -3.86. The van der Waals surface area contributed by atoms with E-state index in [1.54, 1.807) is 10.9 Å². The Morgan fingerprint density at radius 2 is 1.59 bits per heavy atom. The zero-order chi connectivity index (χ0) is 19.9. The monoisotopic (exact) mass is 383 g/mol. The Morgan fingerprint density at radius 3 is 2.38 bits per heavy atom. The van der Waals surface area contributed by atoms with Crippen molar-refractivity contribution in [2.45, 2.75) is 13.0 Å². The molecule has 5 heteroatoms. The second kappa shape index (κ2) is 8.89. The minimum atomic E-state index is -0.0628. The summed E-state index contributed by atoms with van der Waals surface area (Å²) in [6, 6.07) is 27.1. The first-order chi connectivity index (χ1) is 14.3. The number of carbonyl (C=O) groups excluding carboxylic acids is 1. The second-order valence-corrected chi connectivity index (χ2v) is 6.61. The van der Waals surface area contributed by atoms with Crippen LogP contribution in [0, 0.1) is 0 Å². The van der Waals surface area contributed by atoms with Crippen LogP contribution in [0.5, 0.6) is 11.5 Å². The van der Waals surface area contributed by atoms with E-state index in [1.165, 1.54) is 0 Å². The average Bonchev–Trinajstić information content (AvgIpc) is 3.23. The minimum Gasteiger partial charge on any atom is -0.457 e. The quantitative estimate of drug-likeness (QED) is 0.510. The van der Waals surface area contributed by atoms with Crippen LogP contribution in [-0.4, -0.2) is 15.7 Å². The summed E-state index contributed by atoms with van der Waals surface area (Å²) in [5.41, 5.74) is 2.75. The van der Waals surface area contributed by atoms with Crippen molar-refractivity contribution in [2.24, 2.45) is 0 Å². The fraction of sp³-hybridized carbons (Fsp3) is 0.0833. The van der Waals surface area contributed by atoms with Crippen molar-refractivity contribution in [1.82, 2.24) is 15.1 Å². The lowest BCUT2D eigenvalue weighted by Gasteiger charge is -2.12. The van der Waals surface area contributed by atoms with Gasteiger partial charge in [-0.25, -0.2) is 4.68 Å². The molecule has 1 aromatic heterocycles. The summed E-state index contributed by atoms with van der Waals surface area (Å²) in [6.07, 6.45) is 3.87. The number of aromatic nitrogens is 2. The molecule has 0 radical (unpaired) electrons. The summed E-state index contributed by atoms with van der Waals surface area (Å²) < 4.78 is 7.72. The minimum absolute atomic E-state index is 0.0628. The van der Waals surface area contributed by atoms with Crippen molar-refractivity contribution in [2.75, 3.05) is 0 Å². The molecule has 0 aliphatic rings. The van der Waals surface area contributed by atoms with E-state index in [4.69, 9.17) is 4.74 Å². The summed E-state index contributed by atoms with van der Waals surface area (Å²) in [5.74, 6) is 1.43. The first-order valence-corrected chi connectivity index (χ1v) is 9.44. The Kier molecular flexibility index (Phi) is 5.67. The van der Waals surface area contributed by atoms with E-state index >= 15 is 0 Å². The molecule has 1 heterocycles. The molecule has 1 N–H and O–H groups in total. The highest BCUT2D eigenvalue weighted by Crippen LogP contribution is 2.24. The molecule has 0 saturated heterocycles. The molecule has 0 saturated carbocycles. The third kappa shape index (κ3) is 4.90. The SMILES string of the molecule is O=C(Cc1cnn(-c2ccccc2)c1)NCc1ccccc1Oc1ccccc1. The van der Waals surface area contributed by atoms with E-state index < -0.39 is 0 Å². The van der Waals surface area contributed by atoms with Gasteiger partial charge in [-0.2, -0.15) is 5.10 Å². The first-order valence-electron chi connectivity index (χ1n) is 9.44. The van der Waals surface area contributed by atoms with Gasteiger partial charge in [0.15, 0.2) is 0 Å². The largest absolute Gasteiger partial charge is 0.457 e. The zero-order valence-corrected chi connectivity index (χ0v) is 15.9. The van der Waals surface area contributed by atoms with E-state index in [0.29, 0.717) is 6.54 Å². The fourth-order valence-corrected chi connectivity index (χ4v) is 2.98. The number of hydrogen-bond donors (Lipinski definition) is 1. The van der Waals surface area contributed by atoms with Crippen molar-refractivity contribution in [3.63, 3.8) is 0 Å². The highest BCUT2D eigenvalue weighted by Gasteiger charge is 2.09. The van der Waals surface area contributed by atoms with Gasteiger partial charge >= 0.3 is 0 Å². The van der Waals surface area contributed by atoms with Gasteiger partial charge in [0.25, 0.3) is 0 Å². The predicted molar refractivity (Wildman–Crippen MR) is 112 cm³/mol. The second-order valence-electron chi connectivity index (χ2n) is 6.61. The van der Waals surface area contributed by atoms with E-state index in [0.717, 1.165) is 28.3 Å². The van der Waals surface area contributed by atoms with Crippen LogP contribution < -0.4 is 10.1 Å². The first kappa shape index (κ1) is 18.5. The van der Waals surface area contributed by atoms with Crippen LogP contribution in [0.1, 0.15) is 11.1 Å². The van der Waals surface area contributed by atoms with E-state index in [9.17, 15) is 4.79 Å². The van der Waals surface area contributed by atoms with Crippen LogP contribution in [-0.2, 0) is 17.8 Å². The number of para-hydroxylation sites is 3. The third-order valence-electron chi connectivity index (χ3n) is 4.44. The molecule has 4 rings (SSSR count). The Balaban J connectivity index is 1.36. The number of nitrogens with one attached hydrogen (secondary N) is 1. The van der Waals surface area contributed by atoms with Crippen molar-refractivity contribution in [1.29, 1.82) is 0 Å². The number of ether oxygens (including phenoxy) is 1. The Bertz CT molecular complexity index is 1080. The normalized spacial score (nSPS) is 10.5. The molecule has 0 aliphatic heterocycles. The molecule has 1 amide bonds. The Labute approximate surface area is 169 Å². The van der Waals surface area contributed by atoms with Gasteiger partial charge in [0, 0.05) is 18.3 Å². The fourth-order valence-electron chi connectivity index (χ4n) is 2.98. The summed E-state index contributed by atoms with van der Waals surface area (Å²) in [5, 5.41) is 7.30. The third-order valence-corrected chi connectivity index (χ3v) is 4.44. The lowest BCUT2D eigenvalue weighted by atomic mass is 10.2. The molecule has 0 bridgehead atoms. The number of carbonyl (C=O) groups is 1. The summed E-state index contributed by atoms with van der Waals surface area (Å²) >= 11 is 0. The summed E-state index contributed by atoms with van der Waals surface area (Å²) in [6.45, 7) is 0.397. The predicted octanol–water partition coefficient (Wildman–Crippen LogP) is 4.52. The standard InChI is InChI=1S/C24H21N3O2/c28-24(15-19-16-26-27(18-19)21-10-3-1-4-11-21)25-17-20-9-7-8-14-23(20)29-22-12-5-2-6-13-22/h1-14,16,18H,15,17H2,(H,25,28). The average molecular weight is 383 g/mol. The number of nitrogens with zero attached hydrogens (tertiary/aromatic N) is 2. The van der Waals surface area contributed by atoms with Gasteiger partial charge in [0.05, 0.1) is 18.3 Å². The highest BCUT2D eigenvalue weighted by molar-refractivity contribution is 5.78. The molecule has 5 nitrogen and oxygen atoms in total. The molecule has 0 unspecified atom stereocenters. The maximum absolute atomic E-state index is 12.4. The molecule has 0 spiro atoms. The number of amides is 1. The maximum atomic E-state index is 12.4. The molecule has 0 atom stereocenters. The smallest absolute Gasteiger partial charge is 0.224 e. The summed E-state index contributed by atoms with van der Waals surface area (Å²) in [7, 11) is 0. The van der Waals surface area contributed by atoms with Crippen LogP contribution in [0.2, 0.25) is 0 Å². The maximum Gasteiger partial charge on any atom is 0.224 e.